The number of hydrogen-bond acceptors (Lipinski definition) is 5. The van der Waals surface area contributed by atoms with Crippen LogP contribution in [0.15, 0.2) is 0 Å². The molecule has 0 amide bonds. The van der Waals surface area contributed by atoms with Gasteiger partial charge >= 0.3 is 0 Å². The van der Waals surface area contributed by atoms with Gasteiger partial charge in [0.1, 0.15) is 17.5 Å². The van der Waals surface area contributed by atoms with Crippen LogP contribution in [0.4, 0.5) is 11.6 Å². The van der Waals surface area contributed by atoms with Crippen LogP contribution in [0, 0.1) is 6.92 Å². The van der Waals surface area contributed by atoms with Gasteiger partial charge in [-0.15, -0.1) is 0 Å². The van der Waals surface area contributed by atoms with Crippen LogP contribution in [0.3, 0.4) is 0 Å². The summed E-state index contributed by atoms with van der Waals surface area (Å²) < 4.78 is 0. The van der Waals surface area contributed by atoms with E-state index < -0.39 is 0 Å². The van der Waals surface area contributed by atoms with Gasteiger partial charge in [0, 0.05) is 26.1 Å². The number of aryl methyl sites for hydroxylation is 1. The van der Waals surface area contributed by atoms with Crippen LogP contribution in [0.1, 0.15) is 50.4 Å². The molecular weight excluding hydrogens is 264 g/mol. The number of nitrogens with zero attached hydrogens (tertiary/aromatic N) is 3. The quantitative estimate of drug-likeness (QED) is 0.873. The summed E-state index contributed by atoms with van der Waals surface area (Å²) in [5.41, 5.74) is 1.05. The first kappa shape index (κ1) is 16.0. The fraction of sp³-hybridized carbons (Fsp3) is 0.750. The molecule has 1 heterocycles. The van der Waals surface area contributed by atoms with Crippen molar-refractivity contribution in [2.24, 2.45) is 0 Å². The lowest BCUT2D eigenvalue weighted by molar-refractivity contribution is 0.106. The lowest BCUT2D eigenvalue weighted by atomic mass is 9.91. The van der Waals surface area contributed by atoms with Gasteiger partial charge in [-0.1, -0.05) is 19.8 Å². The van der Waals surface area contributed by atoms with Crippen molar-refractivity contribution in [3.63, 3.8) is 0 Å². The Morgan fingerprint density at radius 2 is 2.00 bits per heavy atom. The molecule has 0 bridgehead atoms. The molecule has 1 saturated carbocycles. The molecule has 0 spiro atoms. The standard InChI is InChI=1S/C16H28N4O/c1-5-8-14-18-15(17-3)11(2)16(19-14)20(4)12-9-6-7-10-13(12)21/h12-13,21H,5-10H2,1-4H3,(H,17,18,19). The van der Waals surface area contributed by atoms with E-state index in [4.69, 9.17) is 4.98 Å². The number of nitrogens with one attached hydrogen (secondary N) is 1. The van der Waals surface area contributed by atoms with Crippen molar-refractivity contribution in [3.8, 4) is 0 Å². The monoisotopic (exact) mass is 292 g/mol. The maximum absolute atomic E-state index is 10.3. The van der Waals surface area contributed by atoms with E-state index in [9.17, 15) is 5.11 Å². The minimum absolute atomic E-state index is 0.159. The molecule has 5 heteroatoms. The van der Waals surface area contributed by atoms with E-state index in [1.54, 1.807) is 0 Å². The van der Waals surface area contributed by atoms with Crippen LogP contribution >= 0.6 is 0 Å². The highest BCUT2D eigenvalue weighted by Gasteiger charge is 2.29. The molecule has 1 fully saturated rings. The highest BCUT2D eigenvalue weighted by molar-refractivity contribution is 5.58. The average Bonchev–Trinajstić information content (AvgIpc) is 2.49. The van der Waals surface area contributed by atoms with Gasteiger partial charge in [-0.25, -0.2) is 9.97 Å². The van der Waals surface area contributed by atoms with Gasteiger partial charge in [0.2, 0.25) is 0 Å². The topological polar surface area (TPSA) is 61.3 Å². The van der Waals surface area contributed by atoms with Gasteiger partial charge in [0.25, 0.3) is 0 Å². The van der Waals surface area contributed by atoms with E-state index in [0.717, 1.165) is 55.1 Å². The van der Waals surface area contributed by atoms with Gasteiger partial charge in [-0.2, -0.15) is 0 Å². The van der Waals surface area contributed by atoms with Crippen LogP contribution in [0.5, 0.6) is 0 Å². The second-order valence-corrected chi connectivity index (χ2v) is 5.97. The third-order valence-electron chi connectivity index (χ3n) is 4.40. The Kier molecular flexibility index (Phi) is 5.39. The molecule has 2 unspecified atom stereocenters. The first-order chi connectivity index (χ1) is 10.1. The smallest absolute Gasteiger partial charge is 0.137 e. The zero-order chi connectivity index (χ0) is 15.4. The van der Waals surface area contributed by atoms with E-state index in [-0.39, 0.29) is 12.1 Å². The van der Waals surface area contributed by atoms with Crippen LogP contribution in [0.2, 0.25) is 0 Å². The Morgan fingerprint density at radius 3 is 2.62 bits per heavy atom. The van der Waals surface area contributed by atoms with Gasteiger partial charge < -0.3 is 15.3 Å². The number of aliphatic hydroxyl groups is 1. The first-order valence-electron chi connectivity index (χ1n) is 8.04. The van der Waals surface area contributed by atoms with Gasteiger partial charge in [-0.3, -0.25) is 0 Å². The molecule has 118 valence electrons. The van der Waals surface area contributed by atoms with E-state index in [1.807, 2.05) is 21.0 Å². The van der Waals surface area contributed by atoms with E-state index >= 15 is 0 Å². The molecule has 2 N–H and O–H groups in total. The summed E-state index contributed by atoms with van der Waals surface area (Å²) >= 11 is 0. The molecule has 0 aromatic carbocycles. The number of likely N-dealkylation sites (N-methyl/N-ethyl adjacent to an activating group) is 1. The number of aromatic nitrogens is 2. The highest BCUT2D eigenvalue weighted by atomic mass is 16.3. The predicted molar refractivity (Wildman–Crippen MR) is 87.0 cm³/mol. The SMILES string of the molecule is CCCc1nc(NC)c(C)c(N(C)C2CCCCC2O)n1. The van der Waals surface area contributed by atoms with Crippen molar-refractivity contribution in [2.75, 3.05) is 24.3 Å². The summed E-state index contributed by atoms with van der Waals surface area (Å²) in [7, 11) is 3.94. The van der Waals surface area contributed by atoms with Crippen molar-refractivity contribution >= 4 is 11.6 Å². The molecule has 1 aliphatic carbocycles. The first-order valence-corrected chi connectivity index (χ1v) is 8.04. The van der Waals surface area contributed by atoms with Crippen molar-refractivity contribution in [3.05, 3.63) is 11.4 Å². The van der Waals surface area contributed by atoms with Crippen LogP contribution < -0.4 is 10.2 Å². The maximum Gasteiger partial charge on any atom is 0.137 e. The predicted octanol–water partition coefficient (Wildman–Crippen LogP) is 2.52. The van der Waals surface area contributed by atoms with E-state index in [2.05, 4.69) is 22.1 Å². The van der Waals surface area contributed by atoms with Crippen molar-refractivity contribution < 1.29 is 5.11 Å². The Bertz CT molecular complexity index is 478. The fourth-order valence-electron chi connectivity index (χ4n) is 3.17. The second kappa shape index (κ2) is 7.07. The molecule has 0 aliphatic heterocycles. The number of hydrogen-bond donors (Lipinski definition) is 2. The summed E-state index contributed by atoms with van der Waals surface area (Å²) in [5.74, 6) is 2.71. The molecule has 0 radical (unpaired) electrons. The van der Waals surface area contributed by atoms with Crippen molar-refractivity contribution in [1.29, 1.82) is 0 Å². The molecule has 21 heavy (non-hydrogen) atoms. The zero-order valence-corrected chi connectivity index (χ0v) is 13.7. The lowest BCUT2D eigenvalue weighted by Gasteiger charge is -2.36. The molecule has 1 aliphatic rings. The minimum atomic E-state index is -0.259. The number of aliphatic hydroxyl groups excluding tert-OH is 1. The third-order valence-corrected chi connectivity index (χ3v) is 4.40. The summed E-state index contributed by atoms with van der Waals surface area (Å²) in [4.78, 5) is 11.5. The van der Waals surface area contributed by atoms with Gasteiger partial charge in [0.15, 0.2) is 0 Å². The van der Waals surface area contributed by atoms with Gasteiger partial charge in [-0.05, 0) is 26.2 Å². The number of anilines is 2. The maximum atomic E-state index is 10.3. The van der Waals surface area contributed by atoms with Crippen LogP contribution in [-0.2, 0) is 6.42 Å². The molecule has 0 saturated heterocycles. The van der Waals surface area contributed by atoms with Crippen LogP contribution in [-0.4, -0.2) is 41.3 Å². The summed E-state index contributed by atoms with van der Waals surface area (Å²) in [5, 5.41) is 13.5. The summed E-state index contributed by atoms with van der Waals surface area (Å²) in [6.07, 6.45) is 5.86. The minimum Gasteiger partial charge on any atom is -0.391 e. The molecule has 5 nitrogen and oxygen atoms in total. The lowest BCUT2D eigenvalue weighted by Crippen LogP contribution is -2.44. The third kappa shape index (κ3) is 3.46. The summed E-state index contributed by atoms with van der Waals surface area (Å²) in [6.45, 7) is 4.18. The zero-order valence-electron chi connectivity index (χ0n) is 13.7. The average molecular weight is 292 g/mol. The Balaban J connectivity index is 2.33. The van der Waals surface area contributed by atoms with E-state index in [0.29, 0.717) is 0 Å². The second-order valence-electron chi connectivity index (χ2n) is 5.97. The van der Waals surface area contributed by atoms with E-state index in [1.165, 1.54) is 6.42 Å². The Morgan fingerprint density at radius 1 is 1.29 bits per heavy atom. The summed E-state index contributed by atoms with van der Waals surface area (Å²) in [6, 6.07) is 0.159. The molecule has 1 aromatic rings. The van der Waals surface area contributed by atoms with Crippen molar-refractivity contribution in [1.82, 2.24) is 9.97 Å². The molecule has 1 aromatic heterocycles. The largest absolute Gasteiger partial charge is 0.391 e. The normalized spacial score (nSPS) is 22.1. The molecular formula is C16H28N4O. The Hall–Kier alpha value is -1.36. The highest BCUT2D eigenvalue weighted by Crippen LogP contribution is 2.29. The van der Waals surface area contributed by atoms with Crippen molar-refractivity contribution in [2.45, 2.75) is 64.5 Å². The van der Waals surface area contributed by atoms with Gasteiger partial charge in [0.05, 0.1) is 12.1 Å². The molecule has 2 rings (SSSR count). The Labute approximate surface area is 127 Å². The fourth-order valence-corrected chi connectivity index (χ4v) is 3.17. The van der Waals surface area contributed by atoms with Crippen LogP contribution in [0.25, 0.3) is 0 Å². The number of rotatable bonds is 5. The molecule has 2 atom stereocenters.